The molecule has 0 aliphatic carbocycles. The lowest BCUT2D eigenvalue weighted by Gasteiger charge is -2.23. The third-order valence-electron chi connectivity index (χ3n) is 4.25. The smallest absolute Gasteiger partial charge is 0.319 e. The van der Waals surface area contributed by atoms with E-state index >= 15 is 0 Å². The minimum absolute atomic E-state index is 0.327. The van der Waals surface area contributed by atoms with E-state index in [2.05, 4.69) is 10.7 Å². The summed E-state index contributed by atoms with van der Waals surface area (Å²) in [5, 5.41) is 6.20. The molecule has 1 heterocycles. The number of rotatable bonds is 4. The number of carbonyl (C=O) groups excluding carboxylic acids is 3. The number of hydrogen-bond donors (Lipinski definition) is 2. The van der Waals surface area contributed by atoms with Crippen LogP contribution >= 0.6 is 0 Å². The van der Waals surface area contributed by atoms with Gasteiger partial charge in [0.2, 0.25) is 0 Å². The minimum atomic E-state index is -1.19. The van der Waals surface area contributed by atoms with Crippen LogP contribution in [0.25, 0.3) is 10.8 Å². The number of urea groups is 1. The first-order chi connectivity index (χ1) is 11.8. The second kappa shape index (κ2) is 6.18. The van der Waals surface area contributed by atoms with Crippen molar-refractivity contribution in [1.29, 1.82) is 0 Å². The molecule has 7 nitrogen and oxygen atoms in total. The van der Waals surface area contributed by atoms with Crippen molar-refractivity contribution < 1.29 is 14.4 Å². The molecule has 1 saturated heterocycles. The Kier molecular flexibility index (Phi) is 4.18. The maximum Gasteiger partial charge on any atom is 0.325 e. The predicted molar refractivity (Wildman–Crippen MR) is 93.4 cm³/mol. The van der Waals surface area contributed by atoms with Crippen LogP contribution in [0.4, 0.5) is 4.79 Å². The molecule has 7 heteroatoms. The van der Waals surface area contributed by atoms with Crippen molar-refractivity contribution in [2.75, 3.05) is 20.6 Å². The molecule has 0 spiro atoms. The van der Waals surface area contributed by atoms with Crippen molar-refractivity contribution in [3.63, 3.8) is 0 Å². The van der Waals surface area contributed by atoms with E-state index in [1.807, 2.05) is 42.5 Å². The van der Waals surface area contributed by atoms with Gasteiger partial charge in [-0.2, -0.15) is 0 Å². The molecule has 0 bridgehead atoms. The van der Waals surface area contributed by atoms with E-state index in [-0.39, 0.29) is 6.54 Å². The Hall–Kier alpha value is -2.93. The van der Waals surface area contributed by atoms with Crippen LogP contribution in [-0.4, -0.2) is 48.4 Å². The molecule has 0 unspecified atom stereocenters. The Morgan fingerprint density at radius 2 is 1.84 bits per heavy atom. The number of benzene rings is 2. The van der Waals surface area contributed by atoms with Crippen molar-refractivity contribution in [1.82, 2.24) is 20.7 Å². The summed E-state index contributed by atoms with van der Waals surface area (Å²) in [5.74, 6) is -0.877. The van der Waals surface area contributed by atoms with E-state index in [4.69, 9.17) is 0 Å². The quantitative estimate of drug-likeness (QED) is 0.647. The summed E-state index contributed by atoms with van der Waals surface area (Å²) in [7, 11) is 3.31. The summed E-state index contributed by atoms with van der Waals surface area (Å²) in [4.78, 5) is 37.9. The average molecular weight is 340 g/mol. The lowest BCUT2D eigenvalue weighted by molar-refractivity contribution is -0.136. The fraction of sp³-hybridized carbons (Fsp3) is 0.278. The van der Waals surface area contributed by atoms with Crippen LogP contribution in [0.1, 0.15) is 12.5 Å². The van der Waals surface area contributed by atoms with Crippen molar-refractivity contribution in [3.05, 3.63) is 48.0 Å². The molecule has 0 saturated carbocycles. The van der Waals surface area contributed by atoms with Gasteiger partial charge in [0.15, 0.2) is 0 Å². The Bertz CT molecular complexity index is 864. The molecule has 4 amide bonds. The van der Waals surface area contributed by atoms with Crippen LogP contribution in [0.3, 0.4) is 0 Å². The second-order valence-electron chi connectivity index (χ2n) is 6.44. The zero-order valence-electron chi connectivity index (χ0n) is 14.4. The first-order valence-electron chi connectivity index (χ1n) is 7.91. The summed E-state index contributed by atoms with van der Waals surface area (Å²) in [6.45, 7) is 1.33. The zero-order valence-corrected chi connectivity index (χ0v) is 14.4. The van der Waals surface area contributed by atoms with E-state index in [0.29, 0.717) is 5.56 Å². The number of nitrogens with one attached hydrogen (secondary N) is 2. The Morgan fingerprint density at radius 3 is 2.52 bits per heavy atom. The number of imide groups is 1. The van der Waals surface area contributed by atoms with E-state index in [9.17, 15) is 14.4 Å². The molecule has 2 aromatic carbocycles. The van der Waals surface area contributed by atoms with Crippen molar-refractivity contribution in [2.45, 2.75) is 12.5 Å². The molecular formula is C18H20N4O3. The Balaban J connectivity index is 1.89. The van der Waals surface area contributed by atoms with Gasteiger partial charge in [-0.3, -0.25) is 19.9 Å². The molecule has 0 aromatic heterocycles. The molecule has 3 rings (SSSR count). The van der Waals surface area contributed by atoms with Crippen LogP contribution in [0.2, 0.25) is 0 Å². The number of hydrazine groups is 1. The predicted octanol–water partition coefficient (Wildman–Crippen LogP) is 1.20. The van der Waals surface area contributed by atoms with E-state index in [1.54, 1.807) is 21.0 Å². The van der Waals surface area contributed by atoms with Gasteiger partial charge in [-0.15, -0.1) is 0 Å². The van der Waals surface area contributed by atoms with Crippen molar-refractivity contribution in [2.24, 2.45) is 0 Å². The molecule has 2 aromatic rings. The Labute approximate surface area is 145 Å². The molecule has 1 aliphatic rings. The molecule has 25 heavy (non-hydrogen) atoms. The standard InChI is InChI=1S/C18H20N4O3/c1-18(14-9-8-12-6-4-5-7-13(12)10-14)16(24)22(17(25)19-18)11-15(23)20-21(2)3/h4-10H,11H2,1-3H3,(H,19,25)(H,20,23)/t18-/m1/s1. The highest BCUT2D eigenvalue weighted by molar-refractivity contribution is 6.09. The lowest BCUT2D eigenvalue weighted by Crippen LogP contribution is -2.46. The number of nitrogens with zero attached hydrogens (tertiary/aromatic N) is 2. The van der Waals surface area contributed by atoms with Crippen LogP contribution in [0.15, 0.2) is 42.5 Å². The first kappa shape index (κ1) is 16.9. The molecular weight excluding hydrogens is 320 g/mol. The fourth-order valence-electron chi connectivity index (χ4n) is 2.96. The van der Waals surface area contributed by atoms with E-state index in [0.717, 1.165) is 15.7 Å². The first-order valence-corrected chi connectivity index (χ1v) is 7.91. The number of carbonyl (C=O) groups is 3. The third kappa shape index (κ3) is 3.06. The third-order valence-corrected chi connectivity index (χ3v) is 4.25. The van der Waals surface area contributed by atoms with Gasteiger partial charge in [-0.1, -0.05) is 36.4 Å². The van der Waals surface area contributed by atoms with Gasteiger partial charge in [-0.05, 0) is 29.3 Å². The second-order valence-corrected chi connectivity index (χ2v) is 6.44. The van der Waals surface area contributed by atoms with Gasteiger partial charge in [-0.25, -0.2) is 9.80 Å². The lowest BCUT2D eigenvalue weighted by atomic mass is 9.90. The van der Waals surface area contributed by atoms with Gasteiger partial charge < -0.3 is 5.32 Å². The topological polar surface area (TPSA) is 81.8 Å². The largest absolute Gasteiger partial charge is 0.325 e. The van der Waals surface area contributed by atoms with E-state index < -0.39 is 23.4 Å². The molecule has 2 N–H and O–H groups in total. The normalized spacial score (nSPS) is 20.2. The Morgan fingerprint density at radius 1 is 1.16 bits per heavy atom. The van der Waals surface area contributed by atoms with Crippen LogP contribution in [0, 0.1) is 0 Å². The monoisotopic (exact) mass is 340 g/mol. The van der Waals surface area contributed by atoms with Gasteiger partial charge in [0.05, 0.1) is 0 Å². The van der Waals surface area contributed by atoms with Crippen LogP contribution in [-0.2, 0) is 15.1 Å². The van der Waals surface area contributed by atoms with Gasteiger partial charge in [0.25, 0.3) is 11.8 Å². The fourth-order valence-corrected chi connectivity index (χ4v) is 2.96. The summed E-state index contributed by atoms with van der Waals surface area (Å²) < 4.78 is 0. The summed E-state index contributed by atoms with van der Waals surface area (Å²) in [5.41, 5.74) is 2.01. The van der Waals surface area contributed by atoms with E-state index in [1.165, 1.54) is 5.01 Å². The number of amides is 4. The maximum absolute atomic E-state index is 12.8. The van der Waals surface area contributed by atoms with Crippen molar-refractivity contribution >= 4 is 28.6 Å². The highest BCUT2D eigenvalue weighted by atomic mass is 16.2. The van der Waals surface area contributed by atoms with Gasteiger partial charge in [0, 0.05) is 14.1 Å². The summed E-state index contributed by atoms with van der Waals surface area (Å²) in [6.07, 6.45) is 0. The molecule has 1 fully saturated rings. The number of hydrogen-bond acceptors (Lipinski definition) is 4. The minimum Gasteiger partial charge on any atom is -0.319 e. The average Bonchev–Trinajstić information content (AvgIpc) is 2.78. The highest BCUT2D eigenvalue weighted by Crippen LogP contribution is 2.30. The SMILES string of the molecule is CN(C)NC(=O)CN1C(=O)N[C@](C)(c2ccc3ccccc3c2)C1=O. The molecule has 130 valence electrons. The number of fused-ring (bicyclic) bond motifs is 1. The van der Waals surface area contributed by atoms with Crippen molar-refractivity contribution in [3.8, 4) is 0 Å². The highest BCUT2D eigenvalue weighted by Gasteiger charge is 2.49. The summed E-state index contributed by atoms with van der Waals surface area (Å²) >= 11 is 0. The van der Waals surface area contributed by atoms with Gasteiger partial charge >= 0.3 is 6.03 Å². The maximum atomic E-state index is 12.8. The molecule has 1 atom stereocenters. The molecule has 0 radical (unpaired) electrons. The van der Waals surface area contributed by atoms with Crippen LogP contribution in [0.5, 0.6) is 0 Å². The summed E-state index contributed by atoms with van der Waals surface area (Å²) in [6, 6.07) is 12.8. The van der Waals surface area contributed by atoms with Gasteiger partial charge in [0.1, 0.15) is 12.1 Å². The van der Waals surface area contributed by atoms with Crippen LogP contribution < -0.4 is 10.7 Å². The molecule has 1 aliphatic heterocycles. The zero-order chi connectivity index (χ0) is 18.2.